The van der Waals surface area contributed by atoms with E-state index in [0.717, 1.165) is 36.3 Å². The Hall–Kier alpha value is -2.01. The van der Waals surface area contributed by atoms with E-state index in [-0.39, 0.29) is 17.4 Å². The van der Waals surface area contributed by atoms with Crippen LogP contribution in [0.5, 0.6) is 11.5 Å². The summed E-state index contributed by atoms with van der Waals surface area (Å²) in [5, 5.41) is 9.57. The van der Waals surface area contributed by atoms with Crippen molar-refractivity contribution in [1.29, 1.82) is 0 Å². The summed E-state index contributed by atoms with van der Waals surface area (Å²) in [4.78, 5) is 11.7. The molecule has 0 saturated carbocycles. The first-order valence-electron chi connectivity index (χ1n) is 11.0. The number of carboxylic acid groups (broad SMARTS) is 1. The first-order valence-corrected chi connectivity index (χ1v) is 11.0. The van der Waals surface area contributed by atoms with E-state index in [4.69, 9.17) is 15.2 Å². The molecule has 0 amide bonds. The van der Waals surface area contributed by atoms with Gasteiger partial charge >= 0.3 is 5.97 Å². The maximum absolute atomic E-state index is 11.7. The second kappa shape index (κ2) is 9.21. The molecule has 0 fully saturated rings. The van der Waals surface area contributed by atoms with Crippen LogP contribution < -0.4 is 15.2 Å². The third kappa shape index (κ3) is 4.77. The molecule has 1 aromatic rings. The van der Waals surface area contributed by atoms with Crippen molar-refractivity contribution >= 4 is 5.97 Å². The Morgan fingerprint density at radius 2 is 2.10 bits per heavy atom. The standard InChI is InChI=1S/C24H35NO4/c1-4-5-6-8-16-13-20(28-12-7-11-25)22-18-15-17(23(26)27)9-10-19(18)24(2,3)29-21(22)14-16/h9,13-14,18-19H,4-8,10-12,15,25H2,1-3H3,(H,26,27)/t18-,19-/m0/s1. The Kier molecular flexibility index (Phi) is 6.89. The number of unbranched alkanes of at least 4 members (excludes halogenated alkanes) is 2. The minimum absolute atomic E-state index is 0.0856. The number of rotatable bonds is 9. The normalized spacial score (nSPS) is 22.1. The predicted molar refractivity (Wildman–Crippen MR) is 115 cm³/mol. The molecule has 1 aromatic carbocycles. The van der Waals surface area contributed by atoms with Crippen molar-refractivity contribution in [2.45, 2.75) is 77.2 Å². The molecule has 1 aliphatic carbocycles. The van der Waals surface area contributed by atoms with Gasteiger partial charge in [-0.1, -0.05) is 25.8 Å². The molecule has 3 N–H and O–H groups in total. The Balaban J connectivity index is 2.01. The molecule has 2 aliphatic rings. The van der Waals surface area contributed by atoms with Crippen LogP contribution in [0.25, 0.3) is 0 Å². The van der Waals surface area contributed by atoms with Crippen LogP contribution in [0.3, 0.4) is 0 Å². The number of hydrogen-bond donors (Lipinski definition) is 2. The second-order valence-electron chi connectivity index (χ2n) is 8.85. The van der Waals surface area contributed by atoms with E-state index in [0.29, 0.717) is 31.6 Å². The third-order valence-corrected chi connectivity index (χ3v) is 6.29. The number of nitrogens with two attached hydrogens (primary N) is 1. The van der Waals surface area contributed by atoms with Gasteiger partial charge in [0.2, 0.25) is 0 Å². The highest BCUT2D eigenvalue weighted by atomic mass is 16.5. The van der Waals surface area contributed by atoms with Crippen molar-refractivity contribution in [3.05, 3.63) is 34.9 Å². The van der Waals surface area contributed by atoms with Gasteiger partial charge in [0.1, 0.15) is 17.1 Å². The Morgan fingerprint density at radius 1 is 1.31 bits per heavy atom. The first kappa shape index (κ1) is 21.7. The van der Waals surface area contributed by atoms with Gasteiger partial charge in [-0.25, -0.2) is 4.79 Å². The van der Waals surface area contributed by atoms with Gasteiger partial charge in [-0.3, -0.25) is 0 Å². The van der Waals surface area contributed by atoms with Crippen molar-refractivity contribution in [3.63, 3.8) is 0 Å². The summed E-state index contributed by atoms with van der Waals surface area (Å²) in [5.74, 6) is 1.19. The zero-order valence-electron chi connectivity index (χ0n) is 18.0. The van der Waals surface area contributed by atoms with Crippen molar-refractivity contribution in [1.82, 2.24) is 0 Å². The number of carboxylic acids is 1. The average Bonchev–Trinajstić information content (AvgIpc) is 2.67. The summed E-state index contributed by atoms with van der Waals surface area (Å²) in [6, 6.07) is 4.29. The molecule has 160 valence electrons. The fraction of sp³-hybridized carbons (Fsp3) is 0.625. The quantitative estimate of drug-likeness (QED) is 0.580. The summed E-state index contributed by atoms with van der Waals surface area (Å²) in [6.07, 6.45) is 8.39. The Morgan fingerprint density at radius 3 is 2.79 bits per heavy atom. The topological polar surface area (TPSA) is 81.8 Å². The summed E-state index contributed by atoms with van der Waals surface area (Å²) in [6.45, 7) is 7.58. The molecular formula is C24H35NO4. The fourth-order valence-electron chi connectivity index (χ4n) is 4.71. The molecule has 0 aromatic heterocycles. The van der Waals surface area contributed by atoms with Crippen LogP contribution in [0.1, 0.15) is 76.3 Å². The molecule has 0 saturated heterocycles. The molecule has 2 atom stereocenters. The van der Waals surface area contributed by atoms with Crippen LogP contribution in [0.15, 0.2) is 23.8 Å². The monoisotopic (exact) mass is 401 g/mol. The van der Waals surface area contributed by atoms with Crippen LogP contribution >= 0.6 is 0 Å². The highest BCUT2D eigenvalue weighted by Crippen LogP contribution is 2.54. The summed E-state index contributed by atoms with van der Waals surface area (Å²) in [5.41, 5.74) is 8.06. The summed E-state index contributed by atoms with van der Waals surface area (Å²) in [7, 11) is 0. The molecule has 0 spiro atoms. The molecule has 5 nitrogen and oxygen atoms in total. The molecule has 1 aliphatic heterocycles. The zero-order valence-corrected chi connectivity index (χ0v) is 18.0. The van der Waals surface area contributed by atoms with Crippen molar-refractivity contribution in [3.8, 4) is 11.5 Å². The van der Waals surface area contributed by atoms with Crippen LogP contribution in [-0.2, 0) is 11.2 Å². The van der Waals surface area contributed by atoms with Gasteiger partial charge in [-0.15, -0.1) is 0 Å². The molecule has 1 heterocycles. The van der Waals surface area contributed by atoms with Crippen molar-refractivity contribution in [2.24, 2.45) is 11.7 Å². The number of aliphatic carboxylic acids is 1. The predicted octanol–water partition coefficient (Wildman–Crippen LogP) is 4.82. The van der Waals surface area contributed by atoms with Crippen LogP contribution in [-0.4, -0.2) is 29.8 Å². The highest BCUT2D eigenvalue weighted by Gasteiger charge is 2.47. The van der Waals surface area contributed by atoms with Crippen LogP contribution in [0.2, 0.25) is 0 Å². The largest absolute Gasteiger partial charge is 0.493 e. The number of fused-ring (bicyclic) bond motifs is 3. The third-order valence-electron chi connectivity index (χ3n) is 6.29. The van der Waals surface area contributed by atoms with Crippen molar-refractivity contribution in [2.75, 3.05) is 13.2 Å². The minimum atomic E-state index is -0.823. The number of allylic oxidation sites excluding steroid dienone is 1. The van der Waals surface area contributed by atoms with Gasteiger partial charge in [0.15, 0.2) is 0 Å². The molecule has 3 rings (SSSR count). The zero-order chi connectivity index (χ0) is 21.0. The molecular weight excluding hydrogens is 366 g/mol. The average molecular weight is 402 g/mol. The lowest BCUT2D eigenvalue weighted by Gasteiger charge is -2.47. The number of aryl methyl sites for hydroxylation is 1. The van der Waals surface area contributed by atoms with Gasteiger partial charge < -0.3 is 20.3 Å². The lowest BCUT2D eigenvalue weighted by Crippen LogP contribution is -2.46. The van der Waals surface area contributed by atoms with E-state index in [9.17, 15) is 9.90 Å². The van der Waals surface area contributed by atoms with Gasteiger partial charge in [-0.2, -0.15) is 0 Å². The second-order valence-corrected chi connectivity index (χ2v) is 8.85. The lowest BCUT2D eigenvalue weighted by atomic mass is 9.67. The Labute approximate surface area is 174 Å². The van der Waals surface area contributed by atoms with Crippen molar-refractivity contribution < 1.29 is 19.4 Å². The summed E-state index contributed by atoms with van der Waals surface area (Å²) >= 11 is 0. The first-order chi connectivity index (χ1) is 13.9. The maximum Gasteiger partial charge on any atom is 0.331 e. The van der Waals surface area contributed by atoms with Crippen LogP contribution in [0.4, 0.5) is 0 Å². The number of carbonyl (C=O) groups is 1. The van der Waals surface area contributed by atoms with Gasteiger partial charge in [0, 0.05) is 23.0 Å². The van der Waals surface area contributed by atoms with E-state index in [1.807, 2.05) is 6.08 Å². The van der Waals surface area contributed by atoms with E-state index >= 15 is 0 Å². The van der Waals surface area contributed by atoms with Gasteiger partial charge in [0.25, 0.3) is 0 Å². The number of benzene rings is 1. The maximum atomic E-state index is 11.7. The summed E-state index contributed by atoms with van der Waals surface area (Å²) < 4.78 is 12.7. The fourth-order valence-corrected chi connectivity index (χ4v) is 4.71. The SMILES string of the molecule is CCCCCc1cc(OCCCN)c2c(c1)OC(C)(C)[C@H]1CC=C(C(=O)O)C[C@H]21. The number of ether oxygens (including phenoxy) is 2. The molecule has 0 bridgehead atoms. The van der Waals surface area contributed by atoms with E-state index in [1.165, 1.54) is 18.4 Å². The number of hydrogen-bond acceptors (Lipinski definition) is 4. The molecule has 29 heavy (non-hydrogen) atoms. The van der Waals surface area contributed by atoms with E-state index in [2.05, 4.69) is 32.9 Å². The van der Waals surface area contributed by atoms with Gasteiger partial charge in [0.05, 0.1) is 6.61 Å². The van der Waals surface area contributed by atoms with Crippen LogP contribution in [0, 0.1) is 5.92 Å². The highest BCUT2D eigenvalue weighted by molar-refractivity contribution is 5.87. The van der Waals surface area contributed by atoms with E-state index in [1.54, 1.807) is 0 Å². The molecule has 0 radical (unpaired) electrons. The molecule has 0 unspecified atom stereocenters. The lowest BCUT2D eigenvalue weighted by molar-refractivity contribution is -0.133. The molecule has 5 heteroatoms. The van der Waals surface area contributed by atoms with Gasteiger partial charge in [-0.05, 0) is 70.2 Å². The smallest absolute Gasteiger partial charge is 0.331 e. The van der Waals surface area contributed by atoms with E-state index < -0.39 is 5.97 Å². The minimum Gasteiger partial charge on any atom is -0.493 e. The Bertz CT molecular complexity index is 768.